The molecule has 2 aliphatic carbocycles. The lowest BCUT2D eigenvalue weighted by Gasteiger charge is -2.26. The average Bonchev–Trinajstić information content (AvgIpc) is 3.53. The Bertz CT molecular complexity index is 1790. The summed E-state index contributed by atoms with van der Waals surface area (Å²) in [6, 6.07) is 22.9. The van der Waals surface area contributed by atoms with E-state index in [0.717, 1.165) is 45.9 Å². The minimum atomic E-state index is -4.82. The smallest absolute Gasteiger partial charge is 0.493 e. The Labute approximate surface area is 263 Å². The molecule has 1 N–H and O–H groups in total. The molecule has 0 saturated heterocycles. The number of allylic oxidation sites excluding steroid dienone is 4. The summed E-state index contributed by atoms with van der Waals surface area (Å²) in [4.78, 5) is 17.0. The Kier molecular flexibility index (Phi) is 8.44. The lowest BCUT2D eigenvalue weighted by molar-refractivity contribution is -0.274. The van der Waals surface area contributed by atoms with Gasteiger partial charge in [-0.25, -0.2) is 9.78 Å². The summed E-state index contributed by atoms with van der Waals surface area (Å²) in [5.41, 5.74) is 3.22. The molecule has 2 aliphatic rings. The number of nitrogens with zero attached hydrogens (tertiary/aromatic N) is 1. The van der Waals surface area contributed by atoms with E-state index in [1.165, 1.54) is 12.1 Å². The Morgan fingerprint density at radius 3 is 2.33 bits per heavy atom. The van der Waals surface area contributed by atoms with Crippen LogP contribution >= 0.6 is 0 Å². The van der Waals surface area contributed by atoms with E-state index in [4.69, 9.17) is 18.9 Å². The number of alkyl halides is 3. The first-order chi connectivity index (χ1) is 22.1. The summed E-state index contributed by atoms with van der Waals surface area (Å²) in [6.07, 6.45) is 3.30. The molecule has 0 bridgehead atoms. The molecule has 3 aromatic carbocycles. The van der Waals surface area contributed by atoms with Crippen LogP contribution in [0.15, 0.2) is 119 Å². The van der Waals surface area contributed by atoms with Gasteiger partial charge in [0.15, 0.2) is 0 Å². The number of aromatic nitrogens is 1. The number of carbonyl (C=O) groups is 1. The number of carboxylic acid groups (broad SMARTS) is 1. The highest BCUT2D eigenvalue weighted by atomic mass is 19.4. The van der Waals surface area contributed by atoms with Crippen LogP contribution in [0.25, 0.3) is 22.6 Å². The Morgan fingerprint density at radius 2 is 1.63 bits per heavy atom. The molecule has 7 nitrogen and oxygen atoms in total. The van der Waals surface area contributed by atoms with E-state index >= 15 is 0 Å². The summed E-state index contributed by atoms with van der Waals surface area (Å²) in [5, 5.41) is 10.1. The summed E-state index contributed by atoms with van der Waals surface area (Å²) < 4.78 is 59.2. The number of rotatable bonds is 10. The molecule has 1 aromatic heterocycles. The number of aliphatic carboxylic acids is 1. The van der Waals surface area contributed by atoms with Crippen molar-refractivity contribution in [1.29, 1.82) is 0 Å². The molecule has 0 radical (unpaired) electrons. The predicted molar refractivity (Wildman–Crippen MR) is 164 cm³/mol. The molecule has 10 heteroatoms. The summed E-state index contributed by atoms with van der Waals surface area (Å²) in [5.74, 6) is 0.246. The third-order valence-electron chi connectivity index (χ3n) is 7.97. The molecule has 0 amide bonds. The number of benzene rings is 3. The number of fused-ring (bicyclic) bond motifs is 1. The minimum absolute atomic E-state index is 0.106. The second kappa shape index (κ2) is 12.6. The van der Waals surface area contributed by atoms with Crippen molar-refractivity contribution in [2.45, 2.75) is 38.1 Å². The molecule has 0 spiro atoms. The van der Waals surface area contributed by atoms with Crippen LogP contribution in [0, 0.1) is 12.8 Å². The lowest BCUT2D eigenvalue weighted by atomic mass is 9.99. The first kappa shape index (κ1) is 30.8. The van der Waals surface area contributed by atoms with Crippen LogP contribution in [0.4, 0.5) is 13.2 Å². The van der Waals surface area contributed by atoms with Crippen LogP contribution in [-0.4, -0.2) is 34.6 Å². The second-order valence-electron chi connectivity index (χ2n) is 11.1. The van der Waals surface area contributed by atoms with Gasteiger partial charge < -0.3 is 23.7 Å². The highest BCUT2D eigenvalue weighted by molar-refractivity contribution is 5.80. The van der Waals surface area contributed by atoms with Gasteiger partial charge in [0.1, 0.15) is 23.0 Å². The molecule has 2 unspecified atom stereocenters. The number of halogens is 3. The van der Waals surface area contributed by atoms with E-state index in [1.54, 1.807) is 6.08 Å². The number of carboxylic acids is 1. The van der Waals surface area contributed by atoms with E-state index in [1.807, 2.05) is 67.6 Å². The normalized spacial score (nSPS) is 19.1. The van der Waals surface area contributed by atoms with E-state index in [9.17, 15) is 23.1 Å². The summed E-state index contributed by atoms with van der Waals surface area (Å²) in [7, 11) is 0. The van der Waals surface area contributed by atoms with Crippen LogP contribution in [0.5, 0.6) is 11.5 Å². The minimum Gasteiger partial charge on any atom is -0.493 e. The number of hydrogen-bond donors (Lipinski definition) is 1. The molecular weight excluding hydrogens is 599 g/mol. The number of aryl methyl sites for hydroxylation is 1. The number of hydrogen-bond acceptors (Lipinski definition) is 6. The quantitative estimate of drug-likeness (QED) is 0.188. The molecular formula is C36H30F3NO6. The van der Waals surface area contributed by atoms with E-state index < -0.39 is 23.7 Å². The third-order valence-corrected chi connectivity index (χ3v) is 7.97. The lowest BCUT2D eigenvalue weighted by Crippen LogP contribution is -2.42. The van der Waals surface area contributed by atoms with Crippen molar-refractivity contribution < 1.29 is 41.7 Å². The molecule has 1 fully saturated rings. The first-order valence-corrected chi connectivity index (χ1v) is 14.7. The zero-order chi connectivity index (χ0) is 32.3. The van der Waals surface area contributed by atoms with Gasteiger partial charge in [-0.1, -0.05) is 60.2 Å². The molecule has 1 saturated carbocycles. The highest BCUT2D eigenvalue weighted by Gasteiger charge is 2.50. The van der Waals surface area contributed by atoms with Crippen LogP contribution in [0.2, 0.25) is 0 Å². The zero-order valence-electron chi connectivity index (χ0n) is 24.8. The maximum atomic E-state index is 12.5. The fraction of sp³-hybridized carbons (Fsp3) is 0.222. The molecule has 2 atom stereocenters. The Balaban J connectivity index is 1.06. The number of oxazole rings is 1. The summed E-state index contributed by atoms with van der Waals surface area (Å²) >= 11 is 0. The predicted octanol–water partition coefficient (Wildman–Crippen LogP) is 8.47. The van der Waals surface area contributed by atoms with Gasteiger partial charge >= 0.3 is 12.3 Å². The zero-order valence-corrected chi connectivity index (χ0v) is 24.8. The summed E-state index contributed by atoms with van der Waals surface area (Å²) in [6.45, 7) is 2.24. The molecule has 46 heavy (non-hydrogen) atoms. The second-order valence-corrected chi connectivity index (χ2v) is 11.1. The van der Waals surface area contributed by atoms with Gasteiger partial charge in [0.05, 0.1) is 12.3 Å². The van der Waals surface area contributed by atoms with Crippen molar-refractivity contribution in [2.75, 3.05) is 6.61 Å². The van der Waals surface area contributed by atoms with Crippen molar-refractivity contribution >= 4 is 5.97 Å². The van der Waals surface area contributed by atoms with Crippen LogP contribution in [0.1, 0.15) is 24.3 Å². The topological polar surface area (TPSA) is 91.0 Å². The SMILES string of the molecule is Cc1oc(-c2ccc(-c3ccccc3)cc2)nc1CCOC1=CC=C2CC(Oc3ccc(OC(F)(F)F)cc3)(C(=O)O)CC2C=C1. The van der Waals surface area contributed by atoms with Gasteiger partial charge in [0.2, 0.25) is 11.5 Å². The van der Waals surface area contributed by atoms with Crippen molar-refractivity contribution in [3.63, 3.8) is 0 Å². The Morgan fingerprint density at radius 1 is 0.957 bits per heavy atom. The first-order valence-electron chi connectivity index (χ1n) is 14.7. The maximum Gasteiger partial charge on any atom is 0.573 e. The Hall–Kier alpha value is -5.25. The third kappa shape index (κ3) is 7.01. The average molecular weight is 630 g/mol. The van der Waals surface area contributed by atoms with Crippen molar-refractivity contribution in [3.05, 3.63) is 126 Å². The van der Waals surface area contributed by atoms with E-state index in [0.29, 0.717) is 24.7 Å². The van der Waals surface area contributed by atoms with Gasteiger partial charge in [-0.15, -0.1) is 13.2 Å². The largest absolute Gasteiger partial charge is 0.573 e. The van der Waals surface area contributed by atoms with E-state index in [-0.39, 0.29) is 24.5 Å². The molecule has 236 valence electrons. The van der Waals surface area contributed by atoms with Crippen LogP contribution in [-0.2, 0) is 16.0 Å². The van der Waals surface area contributed by atoms with E-state index in [2.05, 4.69) is 16.9 Å². The molecule has 6 rings (SSSR count). The fourth-order valence-corrected chi connectivity index (χ4v) is 5.65. The van der Waals surface area contributed by atoms with Crippen LogP contribution in [0.3, 0.4) is 0 Å². The van der Waals surface area contributed by atoms with Gasteiger partial charge in [-0.05, 0) is 66.6 Å². The van der Waals surface area contributed by atoms with Gasteiger partial charge in [0, 0.05) is 30.7 Å². The maximum absolute atomic E-state index is 12.5. The molecule has 1 heterocycles. The standard InChI is InChI=1S/C36H30F3NO6/c1-23-32(40-33(44-23)26-9-7-25(8-10-26)24-5-3-2-4-6-24)19-20-43-29-13-11-27-21-35(34(41)42,22-28(27)12-14-29)45-30-15-17-31(18-16-30)46-36(37,38)39/h2-18,27H,19-22H2,1H3,(H,41,42). The van der Waals surface area contributed by atoms with Crippen molar-refractivity contribution in [3.8, 4) is 34.1 Å². The van der Waals surface area contributed by atoms with Gasteiger partial charge in [-0.3, -0.25) is 0 Å². The van der Waals surface area contributed by atoms with Crippen molar-refractivity contribution in [2.24, 2.45) is 5.92 Å². The van der Waals surface area contributed by atoms with Gasteiger partial charge in [-0.2, -0.15) is 0 Å². The number of ether oxygens (including phenoxy) is 3. The molecule has 4 aromatic rings. The monoisotopic (exact) mass is 629 g/mol. The molecule has 0 aliphatic heterocycles. The fourth-order valence-electron chi connectivity index (χ4n) is 5.65. The van der Waals surface area contributed by atoms with Crippen LogP contribution < -0.4 is 9.47 Å². The van der Waals surface area contributed by atoms with Crippen molar-refractivity contribution in [1.82, 2.24) is 4.98 Å². The highest BCUT2D eigenvalue weighted by Crippen LogP contribution is 2.44. The van der Waals surface area contributed by atoms with Gasteiger partial charge in [0.25, 0.3) is 0 Å².